The Balaban J connectivity index is 1.63. The average molecular weight is 317 g/mol. The smallest absolute Gasteiger partial charge is 0.308 e. The van der Waals surface area contributed by atoms with Crippen LogP contribution in [0.5, 0.6) is 0 Å². The van der Waals surface area contributed by atoms with Gasteiger partial charge < -0.3 is 9.84 Å². The summed E-state index contributed by atoms with van der Waals surface area (Å²) in [6.45, 7) is 4.26. The third-order valence-electron chi connectivity index (χ3n) is 5.66. The third-order valence-corrected chi connectivity index (χ3v) is 5.66. The lowest BCUT2D eigenvalue weighted by Crippen LogP contribution is -2.47. The van der Waals surface area contributed by atoms with Crippen molar-refractivity contribution >= 4 is 5.97 Å². The number of ether oxygens (including phenoxy) is 1. The number of hydrogen-bond acceptors (Lipinski definition) is 4. The number of esters is 1. The predicted molar refractivity (Wildman–Crippen MR) is 89.1 cm³/mol. The molecule has 4 heteroatoms. The molecule has 1 saturated heterocycles. The highest BCUT2D eigenvalue weighted by molar-refractivity contribution is 5.72. The van der Waals surface area contributed by atoms with Crippen LogP contribution in [-0.4, -0.2) is 48.3 Å². The number of carbonyl (C=O) groups is 1. The highest BCUT2D eigenvalue weighted by atomic mass is 16.5. The van der Waals surface area contributed by atoms with E-state index in [1.165, 1.54) is 12.7 Å². The zero-order chi connectivity index (χ0) is 16.4. The van der Waals surface area contributed by atoms with Crippen LogP contribution < -0.4 is 0 Å². The first kappa shape index (κ1) is 16.5. The lowest BCUT2D eigenvalue weighted by molar-refractivity contribution is -0.145. The molecule has 0 amide bonds. The van der Waals surface area contributed by atoms with Crippen molar-refractivity contribution in [2.75, 3.05) is 20.2 Å². The second-order valence-electron chi connectivity index (χ2n) is 7.10. The molecule has 1 aliphatic heterocycles. The van der Waals surface area contributed by atoms with Crippen LogP contribution >= 0.6 is 0 Å². The van der Waals surface area contributed by atoms with Crippen LogP contribution in [0.25, 0.3) is 0 Å². The van der Waals surface area contributed by atoms with Crippen molar-refractivity contribution in [1.82, 2.24) is 4.90 Å². The van der Waals surface area contributed by atoms with Gasteiger partial charge in [0.2, 0.25) is 0 Å². The zero-order valence-electron chi connectivity index (χ0n) is 14.0. The molecule has 2 fully saturated rings. The average Bonchev–Trinajstić information content (AvgIpc) is 2.96. The van der Waals surface area contributed by atoms with Gasteiger partial charge in [0.15, 0.2) is 0 Å². The summed E-state index contributed by atoms with van der Waals surface area (Å²) < 4.78 is 4.85. The topological polar surface area (TPSA) is 49.8 Å². The summed E-state index contributed by atoms with van der Waals surface area (Å²) in [5.41, 5.74) is 1.42. The molecular weight excluding hydrogens is 290 g/mol. The first-order valence-electron chi connectivity index (χ1n) is 8.65. The monoisotopic (exact) mass is 317 g/mol. The minimum Gasteiger partial charge on any atom is -0.469 e. The van der Waals surface area contributed by atoms with E-state index in [2.05, 4.69) is 42.2 Å². The lowest BCUT2D eigenvalue weighted by atomic mass is 9.81. The molecule has 0 radical (unpaired) electrons. The van der Waals surface area contributed by atoms with Gasteiger partial charge in [-0.3, -0.25) is 9.69 Å². The standard InChI is InChI=1S/C19H27NO3/c1-13-12-20(9-8-16(13)14-6-4-3-5-7-14)17-10-15(11-18(17)21)19(22)23-2/h3-7,13,15-18,21H,8-12H2,1-2H3/t13-,15-,16-,17+,18-/m0/s1. The number of benzene rings is 1. The van der Waals surface area contributed by atoms with E-state index in [-0.39, 0.29) is 17.9 Å². The number of piperidine rings is 1. The Hall–Kier alpha value is -1.39. The van der Waals surface area contributed by atoms with Crippen molar-refractivity contribution in [3.8, 4) is 0 Å². The summed E-state index contributed by atoms with van der Waals surface area (Å²) in [6, 6.07) is 10.8. The number of methoxy groups -OCH3 is 1. The van der Waals surface area contributed by atoms with Crippen molar-refractivity contribution in [2.24, 2.45) is 11.8 Å². The number of aliphatic hydroxyl groups excluding tert-OH is 1. The summed E-state index contributed by atoms with van der Waals surface area (Å²) in [7, 11) is 1.43. The normalized spacial score (nSPS) is 35.2. The highest BCUT2D eigenvalue weighted by Crippen LogP contribution is 2.37. The molecule has 1 aromatic carbocycles. The lowest BCUT2D eigenvalue weighted by Gasteiger charge is -2.41. The molecule has 5 atom stereocenters. The van der Waals surface area contributed by atoms with Crippen LogP contribution in [0.2, 0.25) is 0 Å². The summed E-state index contributed by atoms with van der Waals surface area (Å²) in [5.74, 6) is 0.804. The first-order chi connectivity index (χ1) is 11.1. The van der Waals surface area contributed by atoms with E-state index in [1.54, 1.807) is 0 Å². The van der Waals surface area contributed by atoms with E-state index in [1.807, 2.05) is 0 Å². The van der Waals surface area contributed by atoms with Gasteiger partial charge in [-0.2, -0.15) is 0 Å². The maximum Gasteiger partial charge on any atom is 0.308 e. The molecule has 1 N–H and O–H groups in total. The van der Waals surface area contributed by atoms with E-state index < -0.39 is 6.10 Å². The summed E-state index contributed by atoms with van der Waals surface area (Å²) in [6.07, 6.45) is 1.94. The Morgan fingerprint density at radius 2 is 2.00 bits per heavy atom. The van der Waals surface area contributed by atoms with Gasteiger partial charge in [-0.25, -0.2) is 0 Å². The fourth-order valence-electron chi connectivity index (χ4n) is 4.42. The van der Waals surface area contributed by atoms with Crippen LogP contribution in [0.15, 0.2) is 30.3 Å². The second-order valence-corrected chi connectivity index (χ2v) is 7.10. The number of rotatable bonds is 3. The zero-order valence-corrected chi connectivity index (χ0v) is 14.0. The van der Waals surface area contributed by atoms with Gasteiger partial charge in [0, 0.05) is 12.6 Å². The van der Waals surface area contributed by atoms with Crippen molar-refractivity contribution in [3.05, 3.63) is 35.9 Å². The van der Waals surface area contributed by atoms with Crippen molar-refractivity contribution < 1.29 is 14.6 Å². The molecule has 1 aromatic rings. The molecule has 2 aliphatic rings. The molecule has 3 rings (SSSR count). The molecule has 0 aromatic heterocycles. The van der Waals surface area contributed by atoms with Gasteiger partial charge in [0.1, 0.15) is 0 Å². The minimum absolute atomic E-state index is 0.0956. The van der Waals surface area contributed by atoms with Gasteiger partial charge >= 0.3 is 5.97 Å². The third kappa shape index (κ3) is 3.43. The molecule has 1 saturated carbocycles. The Morgan fingerprint density at radius 1 is 1.26 bits per heavy atom. The van der Waals surface area contributed by atoms with Crippen molar-refractivity contribution in [3.63, 3.8) is 0 Å². The number of likely N-dealkylation sites (tertiary alicyclic amines) is 1. The number of hydrogen-bond donors (Lipinski definition) is 1. The summed E-state index contributed by atoms with van der Waals surface area (Å²) >= 11 is 0. The van der Waals surface area contributed by atoms with Gasteiger partial charge in [-0.05, 0) is 43.2 Å². The maximum atomic E-state index is 11.7. The molecule has 1 aliphatic carbocycles. The molecular formula is C19H27NO3. The Kier molecular flexibility index (Phi) is 5.02. The van der Waals surface area contributed by atoms with Gasteiger partial charge in [-0.15, -0.1) is 0 Å². The predicted octanol–water partition coefficient (Wildman–Crippen LogP) is 2.42. The van der Waals surface area contributed by atoms with Gasteiger partial charge in [0.05, 0.1) is 19.1 Å². The summed E-state index contributed by atoms with van der Waals surface area (Å²) in [5, 5.41) is 10.4. The Labute approximate surface area is 138 Å². The quantitative estimate of drug-likeness (QED) is 0.870. The molecule has 0 spiro atoms. The number of carbonyl (C=O) groups excluding carboxylic acids is 1. The Bertz CT molecular complexity index is 533. The molecule has 1 heterocycles. The van der Waals surface area contributed by atoms with Crippen LogP contribution in [0.3, 0.4) is 0 Å². The number of aliphatic hydroxyl groups is 1. The van der Waals surface area contributed by atoms with Crippen LogP contribution in [0, 0.1) is 11.8 Å². The molecule has 126 valence electrons. The fourth-order valence-corrected chi connectivity index (χ4v) is 4.42. The minimum atomic E-state index is -0.417. The highest BCUT2D eigenvalue weighted by Gasteiger charge is 2.42. The molecule has 4 nitrogen and oxygen atoms in total. The maximum absolute atomic E-state index is 11.7. The second kappa shape index (κ2) is 7.02. The van der Waals surface area contributed by atoms with Gasteiger partial charge in [-0.1, -0.05) is 37.3 Å². The van der Waals surface area contributed by atoms with Crippen LogP contribution in [0.4, 0.5) is 0 Å². The molecule has 23 heavy (non-hydrogen) atoms. The van der Waals surface area contributed by atoms with Gasteiger partial charge in [0.25, 0.3) is 0 Å². The SMILES string of the molecule is COC(=O)[C@H]1C[C@@H](N2CC[C@H](c3ccccc3)[C@@H](C)C2)[C@@H](O)C1. The van der Waals surface area contributed by atoms with E-state index in [0.717, 1.165) is 25.9 Å². The molecule has 0 bridgehead atoms. The van der Waals surface area contributed by atoms with E-state index in [4.69, 9.17) is 4.74 Å². The van der Waals surface area contributed by atoms with E-state index >= 15 is 0 Å². The van der Waals surface area contributed by atoms with Crippen LogP contribution in [-0.2, 0) is 9.53 Å². The molecule has 0 unspecified atom stereocenters. The van der Waals surface area contributed by atoms with Crippen molar-refractivity contribution in [2.45, 2.75) is 44.2 Å². The van der Waals surface area contributed by atoms with E-state index in [9.17, 15) is 9.90 Å². The van der Waals surface area contributed by atoms with Crippen LogP contribution in [0.1, 0.15) is 37.7 Å². The van der Waals surface area contributed by atoms with E-state index in [0.29, 0.717) is 18.3 Å². The fraction of sp³-hybridized carbons (Fsp3) is 0.632. The summed E-state index contributed by atoms with van der Waals surface area (Å²) in [4.78, 5) is 14.1. The van der Waals surface area contributed by atoms with Crippen molar-refractivity contribution in [1.29, 1.82) is 0 Å². The Morgan fingerprint density at radius 3 is 2.65 bits per heavy atom. The first-order valence-corrected chi connectivity index (χ1v) is 8.65. The largest absolute Gasteiger partial charge is 0.469 e. The number of nitrogens with zero attached hydrogens (tertiary/aromatic N) is 1.